The Hall–Kier alpha value is -1.02. The van der Waals surface area contributed by atoms with Crippen LogP contribution in [0.5, 0.6) is 0 Å². The summed E-state index contributed by atoms with van der Waals surface area (Å²) in [6.45, 7) is 9.34. The second-order valence-corrected chi connectivity index (χ2v) is 6.34. The molecule has 1 atom stereocenters. The van der Waals surface area contributed by atoms with Crippen LogP contribution < -0.4 is 10.2 Å². The molecular weight excluding hydrogens is 232 g/mol. The number of anilines is 1. The number of benzene rings is 1. The van der Waals surface area contributed by atoms with Crippen molar-refractivity contribution < 1.29 is 0 Å². The third-order valence-corrected chi connectivity index (χ3v) is 5.24. The van der Waals surface area contributed by atoms with E-state index < -0.39 is 0 Å². The van der Waals surface area contributed by atoms with Crippen molar-refractivity contribution in [1.82, 2.24) is 5.32 Å². The number of rotatable bonds is 4. The molecule has 1 aromatic carbocycles. The van der Waals surface area contributed by atoms with Crippen LogP contribution in [0.2, 0.25) is 0 Å². The molecule has 1 spiro atoms. The predicted octanol–water partition coefficient (Wildman–Crippen LogP) is 3.21. The Bertz CT molecular complexity index is 435. The molecule has 2 nitrogen and oxygen atoms in total. The summed E-state index contributed by atoms with van der Waals surface area (Å²) in [4.78, 5) is 2.58. The first-order valence-corrected chi connectivity index (χ1v) is 7.76. The Labute approximate surface area is 117 Å². The minimum absolute atomic E-state index is 0.696. The minimum atomic E-state index is 0.696. The summed E-state index contributed by atoms with van der Waals surface area (Å²) in [6.07, 6.45) is 4.24. The largest absolute Gasteiger partial charge is 0.371 e. The summed E-state index contributed by atoms with van der Waals surface area (Å²) in [7, 11) is 0. The summed E-state index contributed by atoms with van der Waals surface area (Å²) in [5.41, 5.74) is 3.53. The molecule has 0 radical (unpaired) electrons. The number of nitrogens with one attached hydrogen (secondary N) is 1. The zero-order valence-electron chi connectivity index (χ0n) is 12.3. The molecule has 1 aromatic rings. The van der Waals surface area contributed by atoms with Crippen molar-refractivity contribution in [3.05, 3.63) is 29.8 Å². The van der Waals surface area contributed by atoms with E-state index in [0.29, 0.717) is 5.41 Å². The lowest BCUT2D eigenvalue weighted by molar-refractivity contribution is 0.323. The Morgan fingerprint density at radius 3 is 2.68 bits per heavy atom. The lowest BCUT2D eigenvalue weighted by atomic mass is 9.92. The van der Waals surface area contributed by atoms with Crippen LogP contribution in [0.25, 0.3) is 0 Å². The fourth-order valence-electron chi connectivity index (χ4n) is 3.81. The fraction of sp³-hybridized carbons (Fsp3) is 0.647. The fourth-order valence-corrected chi connectivity index (χ4v) is 3.81. The number of para-hydroxylation sites is 1. The van der Waals surface area contributed by atoms with Crippen LogP contribution in [-0.4, -0.2) is 26.2 Å². The van der Waals surface area contributed by atoms with E-state index in [4.69, 9.17) is 0 Å². The average molecular weight is 258 g/mol. The Kier molecular flexibility index (Phi) is 3.53. The summed E-state index contributed by atoms with van der Waals surface area (Å²) in [5.74, 6) is 0.925. The molecule has 0 aromatic heterocycles. The highest BCUT2D eigenvalue weighted by molar-refractivity contribution is 5.53. The molecule has 1 saturated carbocycles. The topological polar surface area (TPSA) is 15.3 Å². The molecule has 2 aliphatic rings. The first-order valence-electron chi connectivity index (χ1n) is 7.76. The highest BCUT2D eigenvalue weighted by atomic mass is 15.1. The number of aryl methyl sites for hydroxylation is 1. The molecule has 1 heterocycles. The standard InChI is InChI=1S/C17H26N2/c1-3-19(16-7-5-4-6-14(16)2)13-15-12-17(15)8-10-18-11-9-17/h4-7,15,18H,3,8-13H2,1-2H3. The number of hydrogen-bond donors (Lipinski definition) is 1. The van der Waals surface area contributed by atoms with E-state index >= 15 is 0 Å². The second-order valence-electron chi connectivity index (χ2n) is 6.34. The van der Waals surface area contributed by atoms with Gasteiger partial charge in [-0.1, -0.05) is 18.2 Å². The van der Waals surface area contributed by atoms with E-state index in [1.807, 2.05) is 0 Å². The summed E-state index contributed by atoms with van der Waals surface area (Å²) in [5, 5.41) is 3.50. The first-order chi connectivity index (χ1) is 9.25. The Balaban J connectivity index is 1.67. The van der Waals surface area contributed by atoms with Crippen molar-refractivity contribution in [1.29, 1.82) is 0 Å². The smallest absolute Gasteiger partial charge is 0.0395 e. The Morgan fingerprint density at radius 2 is 2.00 bits per heavy atom. The predicted molar refractivity (Wildman–Crippen MR) is 81.7 cm³/mol. The number of hydrogen-bond acceptors (Lipinski definition) is 2. The van der Waals surface area contributed by atoms with Gasteiger partial charge in [0.25, 0.3) is 0 Å². The lowest BCUT2D eigenvalue weighted by Gasteiger charge is -2.28. The van der Waals surface area contributed by atoms with Gasteiger partial charge < -0.3 is 10.2 Å². The maximum Gasteiger partial charge on any atom is 0.0395 e. The van der Waals surface area contributed by atoms with Gasteiger partial charge in [-0.25, -0.2) is 0 Å². The zero-order chi connectivity index (χ0) is 13.3. The summed E-state index contributed by atoms with van der Waals surface area (Å²) >= 11 is 0. The lowest BCUT2D eigenvalue weighted by Crippen LogP contribution is -2.33. The Morgan fingerprint density at radius 1 is 1.26 bits per heavy atom. The molecule has 104 valence electrons. The van der Waals surface area contributed by atoms with Gasteiger partial charge in [-0.2, -0.15) is 0 Å². The highest BCUT2D eigenvalue weighted by Gasteiger charge is 2.53. The monoisotopic (exact) mass is 258 g/mol. The molecule has 2 heteroatoms. The molecule has 0 amide bonds. The van der Waals surface area contributed by atoms with Gasteiger partial charge in [-0.3, -0.25) is 0 Å². The minimum Gasteiger partial charge on any atom is -0.371 e. The maximum atomic E-state index is 3.50. The molecule has 19 heavy (non-hydrogen) atoms. The average Bonchev–Trinajstić information content (AvgIpc) is 3.09. The van der Waals surface area contributed by atoms with E-state index in [0.717, 1.165) is 12.5 Å². The van der Waals surface area contributed by atoms with Crippen molar-refractivity contribution in [3.8, 4) is 0 Å². The normalized spacial score (nSPS) is 24.4. The van der Waals surface area contributed by atoms with Crippen LogP contribution in [0.3, 0.4) is 0 Å². The van der Waals surface area contributed by atoms with Gasteiger partial charge in [0.1, 0.15) is 0 Å². The third kappa shape index (κ3) is 2.51. The number of piperidine rings is 1. The van der Waals surface area contributed by atoms with Gasteiger partial charge >= 0.3 is 0 Å². The van der Waals surface area contributed by atoms with Gasteiger partial charge in [0, 0.05) is 18.8 Å². The van der Waals surface area contributed by atoms with Crippen LogP contribution in [0, 0.1) is 18.3 Å². The summed E-state index contributed by atoms with van der Waals surface area (Å²) in [6, 6.07) is 8.80. The van der Waals surface area contributed by atoms with E-state index in [9.17, 15) is 0 Å². The van der Waals surface area contributed by atoms with Gasteiger partial charge in [-0.15, -0.1) is 0 Å². The van der Waals surface area contributed by atoms with Crippen LogP contribution in [-0.2, 0) is 0 Å². The molecule has 1 N–H and O–H groups in total. The molecule has 0 bridgehead atoms. The van der Waals surface area contributed by atoms with Crippen LogP contribution in [0.1, 0.15) is 31.7 Å². The van der Waals surface area contributed by atoms with Gasteiger partial charge in [-0.05, 0) is 69.2 Å². The second kappa shape index (κ2) is 5.16. The van der Waals surface area contributed by atoms with Crippen molar-refractivity contribution in [2.75, 3.05) is 31.1 Å². The van der Waals surface area contributed by atoms with Gasteiger partial charge in [0.2, 0.25) is 0 Å². The van der Waals surface area contributed by atoms with Crippen molar-refractivity contribution in [2.24, 2.45) is 11.3 Å². The van der Waals surface area contributed by atoms with Gasteiger partial charge in [0.15, 0.2) is 0 Å². The number of nitrogens with zero attached hydrogens (tertiary/aromatic N) is 1. The van der Waals surface area contributed by atoms with Crippen LogP contribution >= 0.6 is 0 Å². The zero-order valence-corrected chi connectivity index (χ0v) is 12.3. The molecular formula is C17H26N2. The van der Waals surface area contributed by atoms with Crippen LogP contribution in [0.4, 0.5) is 5.69 Å². The van der Waals surface area contributed by atoms with Crippen molar-refractivity contribution in [2.45, 2.75) is 33.1 Å². The van der Waals surface area contributed by atoms with Crippen molar-refractivity contribution in [3.63, 3.8) is 0 Å². The van der Waals surface area contributed by atoms with E-state index in [-0.39, 0.29) is 0 Å². The van der Waals surface area contributed by atoms with E-state index in [1.165, 1.54) is 50.1 Å². The van der Waals surface area contributed by atoms with E-state index in [1.54, 1.807) is 0 Å². The van der Waals surface area contributed by atoms with E-state index in [2.05, 4.69) is 48.3 Å². The highest BCUT2D eigenvalue weighted by Crippen LogP contribution is 2.58. The third-order valence-electron chi connectivity index (χ3n) is 5.24. The molecule has 1 saturated heterocycles. The molecule has 3 rings (SSSR count). The summed E-state index contributed by atoms with van der Waals surface area (Å²) < 4.78 is 0. The molecule has 1 aliphatic heterocycles. The first kappa shape index (κ1) is 13.0. The van der Waals surface area contributed by atoms with Gasteiger partial charge in [0.05, 0.1) is 0 Å². The molecule has 1 aliphatic carbocycles. The molecule has 1 unspecified atom stereocenters. The maximum absolute atomic E-state index is 3.50. The molecule has 2 fully saturated rings. The van der Waals surface area contributed by atoms with Crippen LogP contribution in [0.15, 0.2) is 24.3 Å². The SMILES string of the molecule is CCN(CC1CC12CCNCC2)c1ccccc1C. The van der Waals surface area contributed by atoms with Crippen molar-refractivity contribution >= 4 is 5.69 Å². The quantitative estimate of drug-likeness (QED) is 0.892.